The van der Waals surface area contributed by atoms with Crippen molar-refractivity contribution in [3.05, 3.63) is 89.5 Å². The predicted molar refractivity (Wildman–Crippen MR) is 121 cm³/mol. The van der Waals surface area contributed by atoms with Crippen LogP contribution in [-0.4, -0.2) is 48.4 Å². The fourth-order valence-electron chi connectivity index (χ4n) is 4.05. The third-order valence-corrected chi connectivity index (χ3v) is 5.77. The van der Waals surface area contributed by atoms with E-state index in [0.717, 1.165) is 32.7 Å². The van der Waals surface area contributed by atoms with Crippen LogP contribution in [0.3, 0.4) is 0 Å². The molecule has 6 nitrogen and oxygen atoms in total. The molecule has 0 fully saturated rings. The molecule has 0 bridgehead atoms. The summed E-state index contributed by atoms with van der Waals surface area (Å²) in [6, 6.07) is 22.2. The first-order valence-corrected chi connectivity index (χ1v) is 10.5. The normalized spacial score (nSPS) is 13.1. The first-order chi connectivity index (χ1) is 15.5. The molecule has 1 aliphatic rings. The number of aliphatic carboxylic acids is 1. The Hall–Kier alpha value is -3.80. The van der Waals surface area contributed by atoms with Crippen LogP contribution in [0.1, 0.15) is 22.6 Å². The average Bonchev–Trinajstić information content (AvgIpc) is 3.11. The maximum absolute atomic E-state index is 12.7. The minimum Gasteiger partial charge on any atom is -0.491 e. The van der Waals surface area contributed by atoms with Gasteiger partial charge in [-0.2, -0.15) is 0 Å². The van der Waals surface area contributed by atoms with Gasteiger partial charge in [0.1, 0.15) is 19.0 Å². The van der Waals surface area contributed by atoms with Crippen LogP contribution in [0, 0.1) is 6.92 Å². The molecule has 0 saturated heterocycles. The van der Waals surface area contributed by atoms with Gasteiger partial charge in [-0.1, -0.05) is 60.7 Å². The van der Waals surface area contributed by atoms with Crippen LogP contribution in [0.4, 0.5) is 4.79 Å². The number of nitrogens with zero attached hydrogens (tertiary/aromatic N) is 1. The van der Waals surface area contributed by atoms with Crippen LogP contribution in [0.5, 0.6) is 5.75 Å². The van der Waals surface area contributed by atoms with Crippen molar-refractivity contribution in [1.82, 2.24) is 4.90 Å². The number of ether oxygens (including phenoxy) is 2. The van der Waals surface area contributed by atoms with E-state index in [9.17, 15) is 14.7 Å². The number of hydrogen-bond donors (Lipinski definition) is 1. The molecule has 6 heteroatoms. The number of hydrogen-bond acceptors (Lipinski definition) is 4. The molecule has 164 valence electrons. The van der Waals surface area contributed by atoms with E-state index in [1.807, 2.05) is 61.5 Å². The van der Waals surface area contributed by atoms with Gasteiger partial charge in [0.05, 0.1) is 0 Å². The first kappa shape index (κ1) is 21.4. The van der Waals surface area contributed by atoms with E-state index >= 15 is 0 Å². The molecule has 0 heterocycles. The highest BCUT2D eigenvalue weighted by atomic mass is 16.6. The van der Waals surface area contributed by atoms with Gasteiger partial charge in [0.2, 0.25) is 0 Å². The Morgan fingerprint density at radius 3 is 2.19 bits per heavy atom. The zero-order valence-corrected chi connectivity index (χ0v) is 18.0. The molecule has 1 N–H and O–H groups in total. The van der Waals surface area contributed by atoms with Gasteiger partial charge in [0.15, 0.2) is 6.04 Å². The standard InChI is InChI=1S/C26H25NO5/c1-17-8-7-9-18(14-17)31-16-24(25(28)29)27(2)26(30)32-15-23-21-12-5-3-10-19(21)20-11-4-6-13-22(20)23/h3-14,23-24H,15-16H2,1-2H3,(H,28,29)/t24-/m0/s1. The second-order valence-corrected chi connectivity index (χ2v) is 7.90. The highest BCUT2D eigenvalue weighted by Crippen LogP contribution is 2.44. The van der Waals surface area contributed by atoms with Crippen molar-refractivity contribution in [3.8, 4) is 16.9 Å². The summed E-state index contributed by atoms with van der Waals surface area (Å²) in [4.78, 5) is 25.6. The Balaban J connectivity index is 1.43. The summed E-state index contributed by atoms with van der Waals surface area (Å²) < 4.78 is 11.2. The predicted octanol–water partition coefficient (Wildman–Crippen LogP) is 4.71. The number of rotatable bonds is 7. The number of carboxylic acid groups (broad SMARTS) is 1. The summed E-state index contributed by atoms with van der Waals surface area (Å²) in [5, 5.41) is 9.64. The maximum atomic E-state index is 12.7. The van der Waals surface area contributed by atoms with E-state index in [2.05, 4.69) is 12.1 Å². The van der Waals surface area contributed by atoms with Crippen LogP contribution in [0.25, 0.3) is 11.1 Å². The van der Waals surface area contributed by atoms with Gasteiger partial charge in [-0.15, -0.1) is 0 Å². The molecule has 0 unspecified atom stereocenters. The maximum Gasteiger partial charge on any atom is 0.410 e. The van der Waals surface area contributed by atoms with Crippen molar-refractivity contribution >= 4 is 12.1 Å². The van der Waals surface area contributed by atoms with Crippen molar-refractivity contribution in [2.45, 2.75) is 18.9 Å². The SMILES string of the molecule is Cc1cccc(OC[C@@H](C(=O)O)N(C)C(=O)OCC2c3ccccc3-c3ccccc32)c1. The topological polar surface area (TPSA) is 76.1 Å². The Bertz CT molecular complexity index is 1100. The molecule has 0 saturated carbocycles. The molecule has 1 aliphatic carbocycles. The lowest BCUT2D eigenvalue weighted by Gasteiger charge is -2.25. The molecule has 0 aliphatic heterocycles. The molecule has 1 atom stereocenters. The largest absolute Gasteiger partial charge is 0.491 e. The summed E-state index contributed by atoms with van der Waals surface area (Å²) in [6.07, 6.45) is -0.702. The van der Waals surface area contributed by atoms with E-state index in [1.54, 1.807) is 6.07 Å². The molecule has 3 aromatic carbocycles. The zero-order valence-electron chi connectivity index (χ0n) is 18.0. The average molecular weight is 431 g/mol. The summed E-state index contributed by atoms with van der Waals surface area (Å²) in [7, 11) is 1.41. The second kappa shape index (κ2) is 9.14. The minimum absolute atomic E-state index is 0.0911. The lowest BCUT2D eigenvalue weighted by Crippen LogP contribution is -2.46. The van der Waals surface area contributed by atoms with Crippen LogP contribution in [0.2, 0.25) is 0 Å². The highest BCUT2D eigenvalue weighted by molar-refractivity contribution is 5.81. The number of carbonyl (C=O) groups is 2. The van der Waals surface area contributed by atoms with Crippen LogP contribution >= 0.6 is 0 Å². The fourth-order valence-corrected chi connectivity index (χ4v) is 4.05. The molecule has 0 aromatic heterocycles. The zero-order chi connectivity index (χ0) is 22.7. The summed E-state index contributed by atoms with van der Waals surface area (Å²) in [5.41, 5.74) is 5.46. The van der Waals surface area contributed by atoms with Gasteiger partial charge in [-0.25, -0.2) is 9.59 Å². The van der Waals surface area contributed by atoms with Gasteiger partial charge >= 0.3 is 12.1 Å². The van der Waals surface area contributed by atoms with E-state index in [-0.39, 0.29) is 19.1 Å². The number of likely N-dealkylation sites (N-methyl/N-ethyl adjacent to an activating group) is 1. The number of amides is 1. The smallest absolute Gasteiger partial charge is 0.410 e. The monoisotopic (exact) mass is 431 g/mol. The van der Waals surface area contributed by atoms with E-state index in [1.165, 1.54) is 7.05 Å². The van der Waals surface area contributed by atoms with Gasteiger partial charge < -0.3 is 14.6 Å². The minimum atomic E-state index is -1.17. The van der Waals surface area contributed by atoms with E-state index in [4.69, 9.17) is 9.47 Å². The van der Waals surface area contributed by atoms with Crippen LogP contribution in [0.15, 0.2) is 72.8 Å². The lowest BCUT2D eigenvalue weighted by molar-refractivity contribution is -0.143. The number of benzene rings is 3. The van der Waals surface area contributed by atoms with Crippen molar-refractivity contribution in [1.29, 1.82) is 0 Å². The third-order valence-electron chi connectivity index (χ3n) is 5.77. The first-order valence-electron chi connectivity index (χ1n) is 10.5. The van der Waals surface area contributed by atoms with Gasteiger partial charge in [0, 0.05) is 13.0 Å². The van der Waals surface area contributed by atoms with Crippen molar-refractivity contribution in [3.63, 3.8) is 0 Å². The van der Waals surface area contributed by atoms with Gasteiger partial charge in [-0.3, -0.25) is 4.90 Å². The highest BCUT2D eigenvalue weighted by Gasteiger charge is 2.32. The molecule has 3 aromatic rings. The molecular formula is C26H25NO5. The van der Waals surface area contributed by atoms with Crippen LogP contribution in [-0.2, 0) is 9.53 Å². The summed E-state index contributed by atoms with van der Waals surface area (Å²) in [6.45, 7) is 1.87. The molecule has 0 spiro atoms. The molecule has 1 amide bonds. The molecular weight excluding hydrogens is 406 g/mol. The van der Waals surface area contributed by atoms with E-state index in [0.29, 0.717) is 5.75 Å². The van der Waals surface area contributed by atoms with Crippen molar-refractivity contribution in [2.24, 2.45) is 0 Å². The number of carboxylic acids is 1. The quantitative estimate of drug-likeness (QED) is 0.586. The van der Waals surface area contributed by atoms with Crippen molar-refractivity contribution < 1.29 is 24.2 Å². The van der Waals surface area contributed by atoms with Crippen molar-refractivity contribution in [2.75, 3.05) is 20.3 Å². The Morgan fingerprint density at radius 1 is 0.969 bits per heavy atom. The summed E-state index contributed by atoms with van der Waals surface area (Å²) in [5.74, 6) is -0.697. The number of carbonyl (C=O) groups excluding carboxylic acids is 1. The number of aryl methyl sites for hydroxylation is 1. The van der Waals surface area contributed by atoms with Gasteiger partial charge in [0.25, 0.3) is 0 Å². The number of fused-ring (bicyclic) bond motifs is 3. The van der Waals surface area contributed by atoms with Gasteiger partial charge in [-0.05, 0) is 46.9 Å². The van der Waals surface area contributed by atoms with E-state index < -0.39 is 18.1 Å². The fraction of sp³-hybridized carbons (Fsp3) is 0.231. The van der Waals surface area contributed by atoms with Crippen LogP contribution < -0.4 is 4.74 Å². The molecule has 32 heavy (non-hydrogen) atoms. The lowest BCUT2D eigenvalue weighted by atomic mass is 9.98. The molecule has 4 rings (SSSR count). The Kier molecular flexibility index (Phi) is 6.12. The Labute approximate surface area is 187 Å². The third kappa shape index (κ3) is 4.30. The Morgan fingerprint density at radius 2 is 1.59 bits per heavy atom. The second-order valence-electron chi connectivity index (χ2n) is 7.90. The molecule has 0 radical (unpaired) electrons. The summed E-state index contributed by atoms with van der Waals surface area (Å²) >= 11 is 0.